The molecule has 0 aliphatic carbocycles. The van der Waals surface area contributed by atoms with E-state index in [1.807, 2.05) is 35.1 Å². The molecule has 0 unspecified atom stereocenters. The molecule has 1 N–H and O–H groups in total. The first-order valence-corrected chi connectivity index (χ1v) is 8.81. The SMILES string of the molecule is O=C1Nc2ccccc2OCCCCCCn2cc(cn2)-c2nc1co2. The quantitative estimate of drug-likeness (QED) is 0.666. The molecule has 0 radical (unpaired) electrons. The third-order valence-corrected chi connectivity index (χ3v) is 4.29. The number of benzene rings is 1. The summed E-state index contributed by atoms with van der Waals surface area (Å²) in [5.74, 6) is 0.705. The van der Waals surface area contributed by atoms with E-state index in [1.165, 1.54) is 6.26 Å². The van der Waals surface area contributed by atoms with E-state index in [-0.39, 0.29) is 11.6 Å². The summed E-state index contributed by atoms with van der Waals surface area (Å²) in [5, 5.41) is 7.18. The smallest absolute Gasteiger partial charge is 0.277 e. The largest absolute Gasteiger partial charge is 0.491 e. The number of oxazole rings is 1. The highest BCUT2D eigenvalue weighted by molar-refractivity contribution is 6.03. The molecule has 0 saturated heterocycles. The number of amides is 1. The van der Waals surface area contributed by atoms with Crippen molar-refractivity contribution in [3.05, 3.63) is 48.6 Å². The van der Waals surface area contributed by atoms with Gasteiger partial charge in [-0.25, -0.2) is 4.98 Å². The lowest BCUT2D eigenvalue weighted by Crippen LogP contribution is -2.13. The van der Waals surface area contributed by atoms with Crippen LogP contribution in [-0.4, -0.2) is 27.3 Å². The Morgan fingerprint density at radius 2 is 2.00 bits per heavy atom. The molecule has 4 bridgehead atoms. The molecule has 0 saturated carbocycles. The predicted octanol–water partition coefficient (Wildman–Crippen LogP) is 3.74. The van der Waals surface area contributed by atoms with Gasteiger partial charge in [0.1, 0.15) is 12.0 Å². The van der Waals surface area contributed by atoms with E-state index in [4.69, 9.17) is 9.15 Å². The molecule has 7 nitrogen and oxygen atoms in total. The van der Waals surface area contributed by atoms with Crippen molar-refractivity contribution in [1.82, 2.24) is 14.8 Å². The Balaban J connectivity index is 1.62. The van der Waals surface area contributed by atoms with Crippen LogP contribution in [0.4, 0.5) is 5.69 Å². The van der Waals surface area contributed by atoms with Crippen LogP contribution in [-0.2, 0) is 6.54 Å². The normalized spacial score (nSPS) is 15.5. The molecule has 1 amide bonds. The summed E-state index contributed by atoms with van der Waals surface area (Å²) in [5.41, 5.74) is 1.60. The number of ether oxygens (including phenoxy) is 1. The fourth-order valence-corrected chi connectivity index (χ4v) is 2.90. The van der Waals surface area contributed by atoms with E-state index in [2.05, 4.69) is 15.4 Å². The number of para-hydroxylation sites is 2. The van der Waals surface area contributed by atoms with Gasteiger partial charge in [0.15, 0.2) is 5.69 Å². The number of anilines is 1. The van der Waals surface area contributed by atoms with Gasteiger partial charge in [0.2, 0.25) is 5.89 Å². The summed E-state index contributed by atoms with van der Waals surface area (Å²) in [7, 11) is 0. The molecule has 3 heterocycles. The van der Waals surface area contributed by atoms with E-state index in [0.717, 1.165) is 37.8 Å². The number of hydrogen-bond donors (Lipinski definition) is 1. The second-order valence-corrected chi connectivity index (χ2v) is 6.24. The number of hydrogen-bond acceptors (Lipinski definition) is 5. The van der Waals surface area contributed by atoms with E-state index >= 15 is 0 Å². The number of aromatic nitrogens is 3. The van der Waals surface area contributed by atoms with Crippen LogP contribution in [0.15, 0.2) is 47.3 Å². The first-order chi connectivity index (χ1) is 12.8. The molecule has 1 aliphatic heterocycles. The topological polar surface area (TPSA) is 82.2 Å². The summed E-state index contributed by atoms with van der Waals surface area (Å²) < 4.78 is 13.2. The monoisotopic (exact) mass is 352 g/mol. The fourth-order valence-electron chi connectivity index (χ4n) is 2.90. The van der Waals surface area contributed by atoms with E-state index in [1.54, 1.807) is 6.20 Å². The zero-order valence-electron chi connectivity index (χ0n) is 14.4. The molecule has 1 aliphatic rings. The minimum Gasteiger partial charge on any atom is -0.491 e. The maximum Gasteiger partial charge on any atom is 0.277 e. The number of carbonyl (C=O) groups is 1. The Bertz CT molecular complexity index is 900. The second kappa shape index (κ2) is 7.43. The first kappa shape index (κ1) is 16.4. The average molecular weight is 352 g/mol. The third-order valence-electron chi connectivity index (χ3n) is 4.29. The van der Waals surface area contributed by atoms with Gasteiger partial charge in [-0.15, -0.1) is 0 Å². The van der Waals surface area contributed by atoms with Gasteiger partial charge in [-0.2, -0.15) is 5.10 Å². The number of nitrogens with one attached hydrogen (secondary N) is 1. The minimum atomic E-state index is -0.340. The zero-order chi connectivity index (χ0) is 17.8. The van der Waals surface area contributed by atoms with Crippen LogP contribution in [0.25, 0.3) is 11.5 Å². The van der Waals surface area contributed by atoms with Crippen molar-refractivity contribution >= 4 is 11.6 Å². The van der Waals surface area contributed by atoms with Gasteiger partial charge in [0, 0.05) is 12.7 Å². The van der Waals surface area contributed by atoms with Crippen LogP contribution in [0.5, 0.6) is 5.75 Å². The number of aryl methyl sites for hydroxylation is 1. The van der Waals surface area contributed by atoms with Crippen molar-refractivity contribution in [2.75, 3.05) is 11.9 Å². The van der Waals surface area contributed by atoms with Crippen molar-refractivity contribution in [1.29, 1.82) is 0 Å². The Morgan fingerprint density at radius 1 is 1.12 bits per heavy atom. The van der Waals surface area contributed by atoms with Crippen LogP contribution >= 0.6 is 0 Å². The van der Waals surface area contributed by atoms with E-state index in [9.17, 15) is 4.79 Å². The van der Waals surface area contributed by atoms with Crippen LogP contribution in [0, 0.1) is 0 Å². The maximum atomic E-state index is 12.5. The Labute approximate surface area is 151 Å². The zero-order valence-corrected chi connectivity index (χ0v) is 14.4. The van der Waals surface area contributed by atoms with Gasteiger partial charge in [-0.1, -0.05) is 18.6 Å². The van der Waals surface area contributed by atoms with Gasteiger partial charge < -0.3 is 14.5 Å². The lowest BCUT2D eigenvalue weighted by Gasteiger charge is -2.11. The molecule has 7 heteroatoms. The number of nitrogens with zero attached hydrogens (tertiary/aromatic N) is 3. The Kier molecular flexibility index (Phi) is 4.68. The summed E-state index contributed by atoms with van der Waals surface area (Å²) in [4.78, 5) is 16.8. The molecule has 4 rings (SSSR count). The molecule has 1 aromatic carbocycles. The van der Waals surface area contributed by atoms with Gasteiger partial charge in [-0.05, 0) is 31.4 Å². The Hall–Kier alpha value is -3.09. The highest BCUT2D eigenvalue weighted by Crippen LogP contribution is 2.25. The lowest BCUT2D eigenvalue weighted by atomic mass is 10.2. The van der Waals surface area contributed by atoms with Crippen LogP contribution < -0.4 is 10.1 Å². The first-order valence-electron chi connectivity index (χ1n) is 8.81. The average Bonchev–Trinajstić information content (AvgIpc) is 3.31. The number of fused-ring (bicyclic) bond motifs is 6. The molecule has 2 aromatic heterocycles. The molecular formula is C19H20N4O3. The van der Waals surface area contributed by atoms with Gasteiger partial charge in [0.05, 0.1) is 24.1 Å². The maximum absolute atomic E-state index is 12.5. The number of carbonyl (C=O) groups excluding carboxylic acids is 1. The lowest BCUT2D eigenvalue weighted by molar-refractivity contribution is 0.102. The third kappa shape index (κ3) is 3.61. The second-order valence-electron chi connectivity index (χ2n) is 6.24. The van der Waals surface area contributed by atoms with Crippen LogP contribution in [0.1, 0.15) is 36.2 Å². The molecule has 26 heavy (non-hydrogen) atoms. The number of rotatable bonds is 0. The molecule has 134 valence electrons. The van der Waals surface area contributed by atoms with Crippen molar-refractivity contribution in [2.45, 2.75) is 32.2 Å². The fraction of sp³-hybridized carbons (Fsp3) is 0.316. The van der Waals surface area contributed by atoms with E-state index < -0.39 is 0 Å². The van der Waals surface area contributed by atoms with Gasteiger partial charge in [0.25, 0.3) is 5.91 Å². The van der Waals surface area contributed by atoms with Gasteiger partial charge in [-0.3, -0.25) is 9.48 Å². The highest BCUT2D eigenvalue weighted by Gasteiger charge is 2.16. The molecule has 0 spiro atoms. The van der Waals surface area contributed by atoms with Crippen LogP contribution in [0.3, 0.4) is 0 Å². The highest BCUT2D eigenvalue weighted by atomic mass is 16.5. The molecule has 0 atom stereocenters. The van der Waals surface area contributed by atoms with Crippen LogP contribution in [0.2, 0.25) is 0 Å². The minimum absolute atomic E-state index is 0.215. The molecule has 3 aromatic rings. The molecule has 0 fully saturated rings. The van der Waals surface area contributed by atoms with Crippen molar-refractivity contribution in [3.8, 4) is 17.2 Å². The van der Waals surface area contributed by atoms with Crippen molar-refractivity contribution < 1.29 is 13.9 Å². The standard InChI is InChI=1S/C19H20N4O3/c24-18-16-13-26-19(22-16)14-11-20-23(12-14)9-5-1-2-6-10-25-17-8-4-3-7-15(17)21-18/h3-4,7-8,11-13H,1-2,5-6,9-10H2,(H,21,24). The van der Waals surface area contributed by atoms with Crippen molar-refractivity contribution in [3.63, 3.8) is 0 Å². The van der Waals surface area contributed by atoms with E-state index in [0.29, 0.717) is 23.9 Å². The van der Waals surface area contributed by atoms with Crippen molar-refractivity contribution in [2.24, 2.45) is 0 Å². The summed E-state index contributed by atoms with van der Waals surface area (Å²) in [6.45, 7) is 1.46. The Morgan fingerprint density at radius 3 is 2.96 bits per heavy atom. The van der Waals surface area contributed by atoms with Gasteiger partial charge >= 0.3 is 0 Å². The predicted molar refractivity (Wildman–Crippen MR) is 96.1 cm³/mol. The summed E-state index contributed by atoms with van der Waals surface area (Å²) >= 11 is 0. The summed E-state index contributed by atoms with van der Waals surface area (Å²) in [6.07, 6.45) is 9.18. The molecular weight excluding hydrogens is 332 g/mol. The summed E-state index contributed by atoms with van der Waals surface area (Å²) in [6, 6.07) is 7.41.